The Kier molecular flexibility index (Phi) is 7.40. The first-order chi connectivity index (χ1) is 20.0. The van der Waals surface area contributed by atoms with Crippen molar-refractivity contribution >= 4 is 5.78 Å². The van der Waals surface area contributed by atoms with E-state index in [0.29, 0.717) is 23.8 Å². The van der Waals surface area contributed by atoms with Gasteiger partial charge in [-0.1, -0.05) is 79.9 Å². The Morgan fingerprint density at radius 3 is 2.51 bits per heavy atom. The van der Waals surface area contributed by atoms with Crippen LogP contribution in [0.4, 0.5) is 0 Å². The molecule has 1 fully saturated rings. The monoisotopic (exact) mass is 554 g/mol. The molecule has 2 atom stereocenters. The van der Waals surface area contributed by atoms with Crippen molar-refractivity contribution < 1.29 is 9.26 Å². The summed E-state index contributed by atoms with van der Waals surface area (Å²) in [5.41, 5.74) is 5.33. The number of aromatic nitrogens is 6. The van der Waals surface area contributed by atoms with Gasteiger partial charge < -0.3 is 4.74 Å². The summed E-state index contributed by atoms with van der Waals surface area (Å²) in [6, 6.07) is 15.8. The van der Waals surface area contributed by atoms with Crippen molar-refractivity contribution in [2.45, 2.75) is 70.9 Å². The number of hydrogen-bond donors (Lipinski definition) is 1. The molecule has 0 bridgehead atoms. The summed E-state index contributed by atoms with van der Waals surface area (Å²) in [4.78, 5) is 33.2. The molecule has 0 spiro atoms. The zero-order valence-electron chi connectivity index (χ0n) is 23.6. The van der Waals surface area contributed by atoms with Crippen LogP contribution in [-0.4, -0.2) is 42.5 Å². The van der Waals surface area contributed by atoms with Crippen LogP contribution in [0.25, 0.3) is 28.3 Å². The molecule has 10 nitrogen and oxygen atoms in total. The predicted octanol–water partition coefficient (Wildman–Crippen LogP) is 4.88. The number of benzene rings is 2. The van der Waals surface area contributed by atoms with Crippen LogP contribution < -0.4 is 11.3 Å². The quantitative estimate of drug-likeness (QED) is 0.290. The molecular formula is C31H34N6O4. The number of aromatic amines is 1. The summed E-state index contributed by atoms with van der Waals surface area (Å²) >= 11 is 0. The van der Waals surface area contributed by atoms with E-state index in [-0.39, 0.29) is 17.7 Å². The van der Waals surface area contributed by atoms with Crippen LogP contribution in [0, 0.1) is 6.92 Å². The molecule has 2 aromatic carbocycles. The molecule has 3 aromatic heterocycles. The maximum absolute atomic E-state index is 14.3. The second-order valence-electron chi connectivity index (χ2n) is 10.7. The van der Waals surface area contributed by atoms with Gasteiger partial charge in [0.1, 0.15) is 5.82 Å². The number of H-pyrrole nitrogens is 1. The van der Waals surface area contributed by atoms with E-state index < -0.39 is 5.76 Å². The lowest BCUT2D eigenvalue weighted by Crippen LogP contribution is -2.39. The Hall–Kier alpha value is -4.31. The van der Waals surface area contributed by atoms with Crippen LogP contribution in [-0.2, 0) is 17.6 Å². The van der Waals surface area contributed by atoms with Gasteiger partial charge in [-0.25, -0.2) is 9.31 Å². The van der Waals surface area contributed by atoms with Gasteiger partial charge in [0.15, 0.2) is 5.82 Å². The average molecular weight is 555 g/mol. The van der Waals surface area contributed by atoms with Gasteiger partial charge in [0.25, 0.3) is 5.56 Å². The minimum absolute atomic E-state index is 0.00768. The molecule has 1 aliphatic rings. The SMILES string of the molecule is CCCc1c(Cc2ccc(-c3ccccc3-c3noc(=O)[nH]3)cc2)c(=O)n(C2CCCCC2OC)c2nc(C)nn12. The van der Waals surface area contributed by atoms with E-state index in [1.54, 1.807) is 7.11 Å². The molecule has 1 N–H and O–H groups in total. The zero-order valence-corrected chi connectivity index (χ0v) is 23.6. The number of methoxy groups -OCH3 is 1. The molecule has 0 amide bonds. The van der Waals surface area contributed by atoms with E-state index in [1.807, 2.05) is 64.5 Å². The van der Waals surface area contributed by atoms with E-state index >= 15 is 0 Å². The lowest BCUT2D eigenvalue weighted by atomic mass is 9.91. The van der Waals surface area contributed by atoms with Gasteiger partial charge in [0.05, 0.1) is 17.8 Å². The molecule has 5 aromatic rings. The van der Waals surface area contributed by atoms with Crippen LogP contribution in [0.1, 0.15) is 67.7 Å². The maximum Gasteiger partial charge on any atom is 0.439 e. The lowest BCUT2D eigenvalue weighted by Gasteiger charge is -2.32. The highest BCUT2D eigenvalue weighted by Gasteiger charge is 2.31. The van der Waals surface area contributed by atoms with Crippen LogP contribution in [0.2, 0.25) is 0 Å². The van der Waals surface area contributed by atoms with Gasteiger partial charge in [-0.05, 0) is 42.9 Å². The van der Waals surface area contributed by atoms with Gasteiger partial charge in [-0.3, -0.25) is 18.9 Å². The number of rotatable bonds is 8. The van der Waals surface area contributed by atoms with Crippen LogP contribution in [0.15, 0.2) is 62.6 Å². The highest BCUT2D eigenvalue weighted by Crippen LogP contribution is 2.32. The fourth-order valence-corrected chi connectivity index (χ4v) is 6.14. The van der Waals surface area contributed by atoms with E-state index in [9.17, 15) is 9.59 Å². The fourth-order valence-electron chi connectivity index (χ4n) is 6.14. The van der Waals surface area contributed by atoms with E-state index in [4.69, 9.17) is 19.3 Å². The molecule has 10 heteroatoms. The summed E-state index contributed by atoms with van der Waals surface area (Å²) < 4.78 is 14.3. The number of nitrogens with one attached hydrogen (secondary N) is 1. The first-order valence-corrected chi connectivity index (χ1v) is 14.3. The van der Waals surface area contributed by atoms with E-state index in [0.717, 1.165) is 72.0 Å². The number of hydrogen-bond acceptors (Lipinski definition) is 7. The van der Waals surface area contributed by atoms with Crippen LogP contribution in [0.3, 0.4) is 0 Å². The normalized spacial score (nSPS) is 17.3. The van der Waals surface area contributed by atoms with Crippen molar-refractivity contribution in [2.24, 2.45) is 0 Å². The fraction of sp³-hybridized carbons (Fsp3) is 0.387. The molecule has 1 aliphatic carbocycles. The van der Waals surface area contributed by atoms with Gasteiger partial charge in [-0.2, -0.15) is 10.1 Å². The minimum Gasteiger partial charge on any atom is -0.379 e. The Morgan fingerprint density at radius 1 is 1.05 bits per heavy atom. The number of ether oxygens (including phenoxy) is 1. The smallest absolute Gasteiger partial charge is 0.379 e. The molecule has 0 radical (unpaired) electrons. The summed E-state index contributed by atoms with van der Waals surface area (Å²) in [6.45, 7) is 3.98. The molecular weight excluding hydrogens is 520 g/mol. The van der Waals surface area contributed by atoms with E-state index in [2.05, 4.69) is 17.1 Å². The second kappa shape index (κ2) is 11.3. The number of fused-ring (bicyclic) bond motifs is 1. The largest absolute Gasteiger partial charge is 0.439 e. The first-order valence-electron chi connectivity index (χ1n) is 14.3. The molecule has 1 saturated carbocycles. The molecule has 3 heterocycles. The standard InChI is InChI=1S/C31H34N6O4/c1-4-9-25-24(29(38)36(30-32-19(2)34-37(25)30)26-12-7-8-13-27(26)40-3)18-20-14-16-21(17-15-20)22-10-5-6-11-23(22)28-33-31(39)41-35-28/h5-6,10-11,14-17,26-27H,4,7-9,12-13,18H2,1-3H3,(H,33,35,39). The highest BCUT2D eigenvalue weighted by atomic mass is 16.5. The Labute approximate surface area is 237 Å². The van der Waals surface area contributed by atoms with Crippen molar-refractivity contribution in [1.82, 2.24) is 29.3 Å². The molecule has 0 aliphatic heterocycles. The molecule has 0 saturated heterocycles. The average Bonchev–Trinajstić information content (AvgIpc) is 3.60. The zero-order chi connectivity index (χ0) is 28.5. The Bertz CT molecular complexity index is 1800. The van der Waals surface area contributed by atoms with Crippen molar-refractivity contribution in [3.63, 3.8) is 0 Å². The molecule has 2 unspecified atom stereocenters. The summed E-state index contributed by atoms with van der Waals surface area (Å²) in [5.74, 6) is 1.04. The van der Waals surface area contributed by atoms with Gasteiger partial charge >= 0.3 is 5.76 Å². The third-order valence-electron chi connectivity index (χ3n) is 8.05. The van der Waals surface area contributed by atoms with Crippen molar-refractivity contribution in [2.75, 3.05) is 7.11 Å². The van der Waals surface area contributed by atoms with Gasteiger partial charge in [0, 0.05) is 24.7 Å². The van der Waals surface area contributed by atoms with Crippen molar-refractivity contribution in [3.8, 4) is 22.5 Å². The molecule has 41 heavy (non-hydrogen) atoms. The molecule has 212 valence electrons. The topological polar surface area (TPSA) is 120 Å². The minimum atomic E-state index is -0.594. The van der Waals surface area contributed by atoms with Crippen LogP contribution >= 0.6 is 0 Å². The maximum atomic E-state index is 14.3. The Balaban J connectivity index is 1.42. The van der Waals surface area contributed by atoms with Gasteiger partial charge in [0.2, 0.25) is 5.78 Å². The van der Waals surface area contributed by atoms with Crippen molar-refractivity contribution in [1.29, 1.82) is 0 Å². The third-order valence-corrected chi connectivity index (χ3v) is 8.05. The van der Waals surface area contributed by atoms with Crippen molar-refractivity contribution in [3.05, 3.63) is 92.1 Å². The van der Waals surface area contributed by atoms with Gasteiger partial charge in [-0.15, -0.1) is 0 Å². The van der Waals surface area contributed by atoms with Crippen LogP contribution in [0.5, 0.6) is 0 Å². The second-order valence-corrected chi connectivity index (χ2v) is 10.7. The Morgan fingerprint density at radius 2 is 1.80 bits per heavy atom. The first kappa shape index (κ1) is 26.9. The molecule has 6 rings (SSSR count). The number of nitrogens with zero attached hydrogens (tertiary/aromatic N) is 5. The summed E-state index contributed by atoms with van der Waals surface area (Å²) in [5, 5.41) is 8.61. The summed E-state index contributed by atoms with van der Waals surface area (Å²) in [6.07, 6.45) is 5.99. The van der Waals surface area contributed by atoms with E-state index in [1.165, 1.54) is 0 Å². The lowest BCUT2D eigenvalue weighted by molar-refractivity contribution is 0.0286. The number of aryl methyl sites for hydroxylation is 2. The third kappa shape index (κ3) is 5.04. The summed E-state index contributed by atoms with van der Waals surface area (Å²) in [7, 11) is 1.73. The predicted molar refractivity (Wildman–Crippen MR) is 155 cm³/mol. The highest BCUT2D eigenvalue weighted by molar-refractivity contribution is 5.80.